The second-order valence-corrected chi connectivity index (χ2v) is 7.26. The third-order valence-electron chi connectivity index (χ3n) is 3.19. The van der Waals surface area contributed by atoms with Crippen LogP contribution in [0.4, 0.5) is 4.39 Å². The van der Waals surface area contributed by atoms with Crippen molar-refractivity contribution in [1.82, 2.24) is 0 Å². The minimum absolute atomic E-state index is 0.0483. The maximum atomic E-state index is 13.4. The molecule has 0 amide bonds. The molecule has 0 aliphatic heterocycles. The lowest BCUT2D eigenvalue weighted by Crippen LogP contribution is -2.14. The first-order valence-corrected chi connectivity index (χ1v) is 8.54. The van der Waals surface area contributed by atoms with E-state index in [1.165, 1.54) is 18.2 Å². The summed E-state index contributed by atoms with van der Waals surface area (Å²) in [5.41, 5.74) is 7.34. The van der Waals surface area contributed by atoms with Gasteiger partial charge in [0.15, 0.2) is 9.84 Å². The van der Waals surface area contributed by atoms with Crippen LogP contribution in [0.5, 0.6) is 0 Å². The lowest BCUT2D eigenvalue weighted by molar-refractivity contribution is 0.601. The fourth-order valence-electron chi connectivity index (χ4n) is 2.04. The van der Waals surface area contributed by atoms with Crippen molar-refractivity contribution in [3.63, 3.8) is 0 Å². The Morgan fingerprint density at radius 3 is 2.57 bits per heavy atom. The highest BCUT2D eigenvalue weighted by atomic mass is 35.5. The standard InChI is InChI=1S/C15H15ClFNO2S/c1-21(19,20)12-6-2-4-10(8-12)14(18)9-11-5-3-7-13(17)15(11)16/h2-8,14H,9,18H2,1H3. The Balaban J connectivity index is 2.29. The highest BCUT2D eigenvalue weighted by Gasteiger charge is 2.14. The van der Waals surface area contributed by atoms with Gasteiger partial charge in [-0.05, 0) is 35.7 Å². The fourth-order valence-corrected chi connectivity index (χ4v) is 2.92. The van der Waals surface area contributed by atoms with Gasteiger partial charge in [-0.25, -0.2) is 12.8 Å². The predicted octanol–water partition coefficient (Wildman–Crippen LogP) is 3.13. The van der Waals surface area contributed by atoms with E-state index in [-0.39, 0.29) is 9.92 Å². The van der Waals surface area contributed by atoms with Gasteiger partial charge in [0.25, 0.3) is 0 Å². The first-order chi connectivity index (χ1) is 9.79. The van der Waals surface area contributed by atoms with Gasteiger partial charge in [-0.1, -0.05) is 35.9 Å². The molecule has 0 aliphatic carbocycles. The van der Waals surface area contributed by atoms with Crippen molar-refractivity contribution < 1.29 is 12.8 Å². The van der Waals surface area contributed by atoms with E-state index in [1.54, 1.807) is 24.3 Å². The van der Waals surface area contributed by atoms with Crippen LogP contribution in [0, 0.1) is 5.82 Å². The lowest BCUT2D eigenvalue weighted by Gasteiger charge is -2.14. The smallest absolute Gasteiger partial charge is 0.175 e. The molecule has 3 nitrogen and oxygen atoms in total. The summed E-state index contributed by atoms with van der Waals surface area (Å²) in [6.45, 7) is 0. The summed E-state index contributed by atoms with van der Waals surface area (Å²) in [7, 11) is -3.29. The summed E-state index contributed by atoms with van der Waals surface area (Å²) in [6, 6.07) is 10.5. The predicted molar refractivity (Wildman–Crippen MR) is 81.6 cm³/mol. The lowest BCUT2D eigenvalue weighted by atomic mass is 9.99. The van der Waals surface area contributed by atoms with E-state index in [4.69, 9.17) is 17.3 Å². The highest BCUT2D eigenvalue weighted by molar-refractivity contribution is 7.90. The topological polar surface area (TPSA) is 60.2 Å². The summed E-state index contributed by atoms with van der Waals surface area (Å²) in [4.78, 5) is 0.209. The zero-order valence-electron chi connectivity index (χ0n) is 11.4. The van der Waals surface area contributed by atoms with Gasteiger partial charge in [-0.2, -0.15) is 0 Å². The maximum Gasteiger partial charge on any atom is 0.175 e. The van der Waals surface area contributed by atoms with Crippen molar-refractivity contribution >= 4 is 21.4 Å². The molecule has 0 saturated carbocycles. The van der Waals surface area contributed by atoms with E-state index in [9.17, 15) is 12.8 Å². The summed E-state index contributed by atoms with van der Waals surface area (Å²) in [6.07, 6.45) is 1.46. The maximum absolute atomic E-state index is 13.4. The van der Waals surface area contributed by atoms with E-state index in [0.29, 0.717) is 17.5 Å². The Morgan fingerprint density at radius 2 is 1.90 bits per heavy atom. The Hall–Kier alpha value is -1.43. The number of hydrogen-bond acceptors (Lipinski definition) is 3. The average molecular weight is 328 g/mol. The van der Waals surface area contributed by atoms with Crippen molar-refractivity contribution in [2.75, 3.05) is 6.26 Å². The van der Waals surface area contributed by atoms with Gasteiger partial charge in [0.05, 0.1) is 9.92 Å². The van der Waals surface area contributed by atoms with Gasteiger partial charge < -0.3 is 5.73 Å². The van der Waals surface area contributed by atoms with Crippen LogP contribution in [-0.4, -0.2) is 14.7 Å². The van der Waals surface area contributed by atoms with E-state index < -0.39 is 21.7 Å². The minimum atomic E-state index is -3.29. The molecular weight excluding hydrogens is 313 g/mol. The molecule has 0 bridgehead atoms. The van der Waals surface area contributed by atoms with Crippen LogP contribution in [0.2, 0.25) is 5.02 Å². The van der Waals surface area contributed by atoms with E-state index in [2.05, 4.69) is 0 Å². The SMILES string of the molecule is CS(=O)(=O)c1cccc(C(N)Cc2cccc(F)c2Cl)c1. The second-order valence-electron chi connectivity index (χ2n) is 4.87. The molecule has 0 spiro atoms. The third-order valence-corrected chi connectivity index (χ3v) is 4.72. The number of nitrogens with two attached hydrogens (primary N) is 1. The summed E-state index contributed by atoms with van der Waals surface area (Å²) < 4.78 is 36.5. The van der Waals surface area contributed by atoms with E-state index in [0.717, 1.165) is 6.26 Å². The van der Waals surface area contributed by atoms with Gasteiger partial charge in [0.1, 0.15) is 5.82 Å². The normalized spacial score (nSPS) is 13.1. The summed E-state index contributed by atoms with van der Waals surface area (Å²) in [5, 5.41) is 0.0483. The molecule has 0 radical (unpaired) electrons. The van der Waals surface area contributed by atoms with Crippen LogP contribution in [0.15, 0.2) is 47.4 Å². The molecule has 1 atom stereocenters. The van der Waals surface area contributed by atoms with Crippen LogP contribution in [-0.2, 0) is 16.3 Å². The molecule has 0 heterocycles. The largest absolute Gasteiger partial charge is 0.324 e. The monoisotopic (exact) mass is 327 g/mol. The summed E-state index contributed by atoms with van der Waals surface area (Å²) >= 11 is 5.90. The van der Waals surface area contributed by atoms with Crippen LogP contribution < -0.4 is 5.73 Å². The molecule has 2 aromatic rings. The van der Waals surface area contributed by atoms with Gasteiger partial charge in [0, 0.05) is 12.3 Å². The van der Waals surface area contributed by atoms with Gasteiger partial charge >= 0.3 is 0 Å². The quantitative estimate of drug-likeness (QED) is 0.938. The van der Waals surface area contributed by atoms with Gasteiger partial charge in [0.2, 0.25) is 0 Å². The third kappa shape index (κ3) is 3.81. The Bertz CT molecular complexity index is 762. The van der Waals surface area contributed by atoms with E-state index in [1.807, 2.05) is 0 Å². The molecule has 2 rings (SSSR count). The van der Waals surface area contributed by atoms with Gasteiger partial charge in [-0.15, -0.1) is 0 Å². The zero-order valence-corrected chi connectivity index (χ0v) is 13.0. The van der Waals surface area contributed by atoms with Gasteiger partial charge in [-0.3, -0.25) is 0 Å². The number of rotatable bonds is 4. The van der Waals surface area contributed by atoms with E-state index >= 15 is 0 Å². The van der Waals surface area contributed by atoms with Crippen LogP contribution >= 0.6 is 11.6 Å². The summed E-state index contributed by atoms with van der Waals surface area (Å²) in [5.74, 6) is -0.494. The minimum Gasteiger partial charge on any atom is -0.324 e. The van der Waals surface area contributed by atoms with Crippen LogP contribution in [0.3, 0.4) is 0 Å². The fraction of sp³-hybridized carbons (Fsp3) is 0.200. The molecule has 0 aromatic heterocycles. The second kappa shape index (κ2) is 6.13. The van der Waals surface area contributed by atoms with Crippen molar-refractivity contribution in [1.29, 1.82) is 0 Å². The number of hydrogen-bond donors (Lipinski definition) is 1. The van der Waals surface area contributed by atoms with Crippen molar-refractivity contribution in [3.8, 4) is 0 Å². The highest BCUT2D eigenvalue weighted by Crippen LogP contribution is 2.25. The Morgan fingerprint density at radius 1 is 1.24 bits per heavy atom. The molecule has 0 aliphatic rings. The number of benzene rings is 2. The molecule has 0 fully saturated rings. The molecule has 2 aromatic carbocycles. The average Bonchev–Trinajstić information content (AvgIpc) is 2.43. The van der Waals surface area contributed by atoms with Crippen LogP contribution in [0.25, 0.3) is 0 Å². The molecular formula is C15H15ClFNO2S. The zero-order chi connectivity index (χ0) is 15.6. The van der Waals surface area contributed by atoms with Crippen molar-refractivity contribution in [3.05, 3.63) is 64.4 Å². The Kier molecular flexibility index (Phi) is 4.66. The molecule has 112 valence electrons. The molecule has 2 N–H and O–H groups in total. The van der Waals surface area contributed by atoms with Crippen molar-refractivity contribution in [2.24, 2.45) is 5.73 Å². The van der Waals surface area contributed by atoms with Crippen LogP contribution in [0.1, 0.15) is 17.2 Å². The van der Waals surface area contributed by atoms with Crippen molar-refractivity contribution in [2.45, 2.75) is 17.4 Å². The number of halogens is 2. The first kappa shape index (κ1) is 15.9. The molecule has 6 heteroatoms. The molecule has 21 heavy (non-hydrogen) atoms. The first-order valence-electron chi connectivity index (χ1n) is 6.27. The number of sulfone groups is 1. The molecule has 1 unspecified atom stereocenters. The molecule has 0 saturated heterocycles. The Labute approximate surface area is 128 Å².